The van der Waals surface area contributed by atoms with Gasteiger partial charge in [0.15, 0.2) is 11.6 Å². The first-order chi connectivity index (χ1) is 8.72. The Kier molecular flexibility index (Phi) is 3.57. The molecule has 1 N–H and O–H groups in total. The number of carbonyl (C=O) groups excluding carboxylic acids is 1. The van der Waals surface area contributed by atoms with Crippen molar-refractivity contribution < 1.29 is 13.9 Å². The molecule has 0 aliphatic carbocycles. The highest BCUT2D eigenvalue weighted by Crippen LogP contribution is 2.24. The quantitative estimate of drug-likeness (QED) is 0.902. The largest absolute Gasteiger partial charge is 0.494 e. The van der Waals surface area contributed by atoms with E-state index in [4.69, 9.17) is 4.74 Å². The first-order valence-corrected chi connectivity index (χ1v) is 5.41. The number of hydrogen-bond acceptors (Lipinski definition) is 2. The van der Waals surface area contributed by atoms with Crippen LogP contribution in [0.25, 0.3) is 0 Å². The third kappa shape index (κ3) is 2.48. The van der Waals surface area contributed by atoms with Gasteiger partial charge >= 0.3 is 0 Å². The van der Waals surface area contributed by atoms with Crippen molar-refractivity contribution in [1.29, 1.82) is 0 Å². The Bertz CT molecular complexity index is 555. The number of amides is 1. The molecule has 0 aliphatic heterocycles. The fraction of sp³-hybridized carbons (Fsp3) is 0.0714. The minimum Gasteiger partial charge on any atom is -0.494 e. The lowest BCUT2D eigenvalue weighted by molar-refractivity contribution is 0.102. The van der Waals surface area contributed by atoms with Crippen LogP contribution < -0.4 is 10.1 Å². The highest BCUT2D eigenvalue weighted by Gasteiger charge is 2.11. The minimum atomic E-state index is -0.579. The van der Waals surface area contributed by atoms with E-state index in [0.29, 0.717) is 5.56 Å². The number of benzene rings is 2. The molecule has 0 aliphatic rings. The van der Waals surface area contributed by atoms with Crippen LogP contribution >= 0.6 is 0 Å². The summed E-state index contributed by atoms with van der Waals surface area (Å²) >= 11 is 0. The van der Waals surface area contributed by atoms with Crippen molar-refractivity contribution in [2.45, 2.75) is 0 Å². The van der Waals surface area contributed by atoms with Gasteiger partial charge in [0.2, 0.25) is 0 Å². The Hall–Kier alpha value is -2.36. The second kappa shape index (κ2) is 5.31. The Morgan fingerprint density at radius 3 is 2.50 bits per heavy atom. The molecule has 4 heteroatoms. The van der Waals surface area contributed by atoms with E-state index in [9.17, 15) is 9.18 Å². The molecule has 0 aromatic heterocycles. The predicted octanol–water partition coefficient (Wildman–Crippen LogP) is 3.09. The van der Waals surface area contributed by atoms with Crippen LogP contribution in [0, 0.1) is 5.82 Å². The maximum absolute atomic E-state index is 13.8. The lowest BCUT2D eigenvalue weighted by Gasteiger charge is -2.08. The lowest BCUT2D eigenvalue weighted by atomic mass is 10.2. The molecule has 2 aromatic rings. The molecule has 2 rings (SSSR count). The molecule has 2 aromatic carbocycles. The van der Waals surface area contributed by atoms with Crippen molar-refractivity contribution in [2.75, 3.05) is 12.4 Å². The van der Waals surface area contributed by atoms with E-state index < -0.39 is 5.82 Å². The van der Waals surface area contributed by atoms with Gasteiger partial charge in [-0.2, -0.15) is 0 Å². The molecule has 3 nitrogen and oxygen atoms in total. The van der Waals surface area contributed by atoms with Crippen LogP contribution in [0.1, 0.15) is 10.4 Å². The summed E-state index contributed by atoms with van der Waals surface area (Å²) < 4.78 is 18.7. The van der Waals surface area contributed by atoms with Crippen molar-refractivity contribution in [3.8, 4) is 5.75 Å². The number of rotatable bonds is 3. The maximum Gasteiger partial charge on any atom is 0.255 e. The second-order valence-corrected chi connectivity index (χ2v) is 3.64. The van der Waals surface area contributed by atoms with Gasteiger partial charge in [-0.15, -0.1) is 0 Å². The molecule has 0 saturated heterocycles. The summed E-state index contributed by atoms with van der Waals surface area (Å²) in [6.07, 6.45) is 0. The van der Waals surface area contributed by atoms with Gasteiger partial charge in [-0.3, -0.25) is 4.79 Å². The smallest absolute Gasteiger partial charge is 0.255 e. The number of hydrogen-bond donors (Lipinski definition) is 1. The third-order valence-corrected chi connectivity index (χ3v) is 2.47. The number of halogens is 1. The van der Waals surface area contributed by atoms with E-state index >= 15 is 0 Å². The maximum atomic E-state index is 13.8. The van der Waals surface area contributed by atoms with Gasteiger partial charge in [-0.05, 0) is 24.3 Å². The van der Waals surface area contributed by atoms with Crippen molar-refractivity contribution in [1.82, 2.24) is 0 Å². The monoisotopic (exact) mass is 245 g/mol. The molecule has 0 spiro atoms. The standard InChI is InChI=1S/C14H12FNO2/c1-18-12-9-5-8-11(13(12)15)16-14(17)10-6-3-2-4-7-10/h2-9H,1H3,(H,16,17). The zero-order chi connectivity index (χ0) is 13.0. The summed E-state index contributed by atoms with van der Waals surface area (Å²) in [5.74, 6) is -0.840. The number of methoxy groups -OCH3 is 1. The molecule has 0 fully saturated rings. The van der Waals surface area contributed by atoms with Crippen LogP contribution in [0.5, 0.6) is 5.75 Å². The topological polar surface area (TPSA) is 38.3 Å². The van der Waals surface area contributed by atoms with Crippen LogP contribution in [0.2, 0.25) is 0 Å². The Morgan fingerprint density at radius 2 is 1.83 bits per heavy atom. The summed E-state index contributed by atoms with van der Waals surface area (Å²) in [6.45, 7) is 0. The van der Waals surface area contributed by atoms with Gasteiger partial charge in [-0.1, -0.05) is 24.3 Å². The van der Waals surface area contributed by atoms with E-state index in [1.165, 1.54) is 19.2 Å². The molecule has 0 atom stereocenters. The molecule has 1 amide bonds. The highest BCUT2D eigenvalue weighted by atomic mass is 19.1. The second-order valence-electron chi connectivity index (χ2n) is 3.64. The van der Waals surface area contributed by atoms with E-state index in [-0.39, 0.29) is 17.3 Å². The number of carbonyl (C=O) groups is 1. The molecule has 0 radical (unpaired) electrons. The Morgan fingerprint density at radius 1 is 1.11 bits per heavy atom. The van der Waals surface area contributed by atoms with Crippen LogP contribution in [-0.2, 0) is 0 Å². The molecule has 0 bridgehead atoms. The molecular weight excluding hydrogens is 233 g/mol. The Balaban J connectivity index is 2.22. The molecule has 0 saturated carbocycles. The average Bonchev–Trinajstić information content (AvgIpc) is 2.42. The van der Waals surface area contributed by atoms with E-state index in [1.807, 2.05) is 6.07 Å². The molecular formula is C14H12FNO2. The summed E-state index contributed by atoms with van der Waals surface area (Å²) in [4.78, 5) is 11.8. The Labute approximate surface area is 104 Å². The van der Waals surface area contributed by atoms with Crippen LogP contribution in [0.3, 0.4) is 0 Å². The summed E-state index contributed by atoms with van der Waals surface area (Å²) in [5, 5.41) is 2.51. The van der Waals surface area contributed by atoms with Gasteiger partial charge in [0, 0.05) is 5.56 Å². The zero-order valence-electron chi connectivity index (χ0n) is 9.81. The number of anilines is 1. The van der Waals surface area contributed by atoms with Crippen molar-refractivity contribution >= 4 is 11.6 Å². The molecule has 0 heterocycles. The number of nitrogens with one attached hydrogen (secondary N) is 1. The van der Waals surface area contributed by atoms with Crippen molar-refractivity contribution in [3.63, 3.8) is 0 Å². The number of ether oxygens (including phenoxy) is 1. The molecule has 0 unspecified atom stereocenters. The molecule has 92 valence electrons. The first kappa shape index (κ1) is 12.1. The zero-order valence-corrected chi connectivity index (χ0v) is 9.81. The van der Waals surface area contributed by atoms with E-state index in [0.717, 1.165) is 0 Å². The SMILES string of the molecule is COc1cccc(NC(=O)c2ccccc2)c1F. The van der Waals surface area contributed by atoms with E-state index in [1.54, 1.807) is 30.3 Å². The fourth-order valence-corrected chi connectivity index (χ4v) is 1.55. The third-order valence-electron chi connectivity index (χ3n) is 2.47. The van der Waals surface area contributed by atoms with Crippen LogP contribution in [0.15, 0.2) is 48.5 Å². The van der Waals surface area contributed by atoms with Gasteiger partial charge in [0.1, 0.15) is 0 Å². The van der Waals surface area contributed by atoms with Crippen LogP contribution in [0.4, 0.5) is 10.1 Å². The molecule has 18 heavy (non-hydrogen) atoms. The fourth-order valence-electron chi connectivity index (χ4n) is 1.55. The normalized spacial score (nSPS) is 9.89. The lowest BCUT2D eigenvalue weighted by Crippen LogP contribution is -2.13. The summed E-state index contributed by atoms with van der Waals surface area (Å²) in [7, 11) is 1.38. The van der Waals surface area contributed by atoms with E-state index in [2.05, 4.69) is 5.32 Å². The van der Waals surface area contributed by atoms with Gasteiger partial charge in [0.25, 0.3) is 5.91 Å². The highest BCUT2D eigenvalue weighted by molar-refractivity contribution is 6.04. The summed E-state index contributed by atoms with van der Waals surface area (Å²) in [6, 6.07) is 13.2. The first-order valence-electron chi connectivity index (χ1n) is 5.41. The van der Waals surface area contributed by atoms with Gasteiger partial charge in [0.05, 0.1) is 12.8 Å². The average molecular weight is 245 g/mol. The minimum absolute atomic E-state index is 0.0980. The van der Waals surface area contributed by atoms with Gasteiger partial charge in [-0.25, -0.2) is 4.39 Å². The summed E-state index contributed by atoms with van der Waals surface area (Å²) in [5.41, 5.74) is 0.572. The van der Waals surface area contributed by atoms with Crippen molar-refractivity contribution in [3.05, 3.63) is 59.9 Å². The van der Waals surface area contributed by atoms with Crippen LogP contribution in [-0.4, -0.2) is 13.0 Å². The predicted molar refractivity (Wildman–Crippen MR) is 67.3 cm³/mol. The van der Waals surface area contributed by atoms with Gasteiger partial charge < -0.3 is 10.1 Å². The van der Waals surface area contributed by atoms with Crippen molar-refractivity contribution in [2.24, 2.45) is 0 Å².